The molecule has 0 aromatic carbocycles. The fourth-order valence-electron chi connectivity index (χ4n) is 1.01. The third-order valence-corrected chi connectivity index (χ3v) is 2.00. The fraction of sp³-hybridized carbons (Fsp3) is 0.400. The van der Waals surface area contributed by atoms with Crippen molar-refractivity contribution in [3.8, 4) is 0 Å². The van der Waals surface area contributed by atoms with Crippen LogP contribution in [0.4, 0.5) is 8.78 Å². The number of aromatic nitrogens is 1. The smallest absolute Gasteiger partial charge is 0.339 e. The largest absolute Gasteiger partial charge is 0.459 e. The average Bonchev–Trinajstić information content (AvgIpc) is 2.16. The Kier molecular flexibility index (Phi) is 4.18. The van der Waals surface area contributed by atoms with Crippen molar-refractivity contribution >= 4 is 17.6 Å². The minimum Gasteiger partial charge on any atom is -0.459 e. The van der Waals surface area contributed by atoms with Gasteiger partial charge in [-0.05, 0) is 19.9 Å². The van der Waals surface area contributed by atoms with Gasteiger partial charge in [0.05, 0.1) is 17.2 Å². The summed E-state index contributed by atoms with van der Waals surface area (Å²) in [5.74, 6) is -0.693. The van der Waals surface area contributed by atoms with Gasteiger partial charge >= 0.3 is 5.97 Å². The Morgan fingerprint density at radius 1 is 1.50 bits per heavy atom. The van der Waals surface area contributed by atoms with Crippen LogP contribution in [0.2, 0.25) is 5.15 Å². The Morgan fingerprint density at radius 2 is 2.12 bits per heavy atom. The minimum atomic E-state index is -2.77. The van der Waals surface area contributed by atoms with E-state index in [0.29, 0.717) is 0 Å². The topological polar surface area (TPSA) is 39.2 Å². The van der Waals surface area contributed by atoms with Crippen LogP contribution in [0.1, 0.15) is 36.2 Å². The van der Waals surface area contributed by atoms with Gasteiger partial charge in [0.2, 0.25) is 0 Å². The van der Waals surface area contributed by atoms with Crippen LogP contribution in [0.15, 0.2) is 12.3 Å². The van der Waals surface area contributed by atoms with Crippen molar-refractivity contribution in [2.24, 2.45) is 0 Å². The number of carbonyl (C=O) groups excluding carboxylic acids is 1. The van der Waals surface area contributed by atoms with E-state index in [9.17, 15) is 13.6 Å². The quantitative estimate of drug-likeness (QED) is 0.610. The Morgan fingerprint density at radius 3 is 2.62 bits per heavy atom. The SMILES string of the molecule is CC(C)OC(=O)c1cnc(Cl)c(C(F)F)c1. The molecule has 0 fully saturated rings. The van der Waals surface area contributed by atoms with Gasteiger partial charge in [0.25, 0.3) is 6.43 Å². The molecule has 0 saturated heterocycles. The van der Waals surface area contributed by atoms with Crippen molar-refractivity contribution in [2.45, 2.75) is 26.4 Å². The molecule has 1 heterocycles. The van der Waals surface area contributed by atoms with Crippen molar-refractivity contribution in [1.29, 1.82) is 0 Å². The van der Waals surface area contributed by atoms with Crippen LogP contribution in [0.25, 0.3) is 0 Å². The molecular formula is C10H10ClF2NO2. The number of pyridine rings is 1. The molecule has 0 unspecified atom stereocenters. The number of ether oxygens (including phenoxy) is 1. The van der Waals surface area contributed by atoms with Crippen molar-refractivity contribution in [2.75, 3.05) is 0 Å². The lowest BCUT2D eigenvalue weighted by Crippen LogP contribution is -2.12. The van der Waals surface area contributed by atoms with Crippen LogP contribution < -0.4 is 0 Å². The Balaban J connectivity index is 2.98. The van der Waals surface area contributed by atoms with Gasteiger partial charge < -0.3 is 4.74 Å². The second-order valence-corrected chi connectivity index (χ2v) is 3.72. The van der Waals surface area contributed by atoms with Gasteiger partial charge in [-0.25, -0.2) is 18.6 Å². The first-order valence-electron chi connectivity index (χ1n) is 4.56. The van der Waals surface area contributed by atoms with Crippen LogP contribution in [-0.2, 0) is 4.74 Å². The normalized spacial score (nSPS) is 10.9. The number of nitrogens with zero attached hydrogens (tertiary/aromatic N) is 1. The highest BCUT2D eigenvalue weighted by Gasteiger charge is 2.17. The maximum atomic E-state index is 12.5. The molecule has 0 saturated carbocycles. The van der Waals surface area contributed by atoms with Crippen molar-refractivity contribution in [3.63, 3.8) is 0 Å². The van der Waals surface area contributed by atoms with Crippen LogP contribution in [0, 0.1) is 0 Å². The lowest BCUT2D eigenvalue weighted by atomic mass is 10.2. The van der Waals surface area contributed by atoms with Crippen molar-refractivity contribution in [1.82, 2.24) is 4.98 Å². The first kappa shape index (κ1) is 12.8. The number of hydrogen-bond acceptors (Lipinski definition) is 3. The zero-order chi connectivity index (χ0) is 12.3. The highest BCUT2D eigenvalue weighted by molar-refractivity contribution is 6.30. The molecule has 0 aliphatic heterocycles. The Bertz CT molecular complexity index is 396. The zero-order valence-corrected chi connectivity index (χ0v) is 9.46. The lowest BCUT2D eigenvalue weighted by molar-refractivity contribution is 0.0377. The first-order chi connectivity index (χ1) is 7.41. The summed E-state index contributed by atoms with van der Waals surface area (Å²) in [5, 5.41) is -0.309. The van der Waals surface area contributed by atoms with Crippen LogP contribution in [0.5, 0.6) is 0 Å². The number of rotatable bonds is 3. The van der Waals surface area contributed by atoms with Gasteiger partial charge in [-0.2, -0.15) is 0 Å². The first-order valence-corrected chi connectivity index (χ1v) is 4.94. The van der Waals surface area contributed by atoms with Crippen LogP contribution in [-0.4, -0.2) is 17.1 Å². The summed E-state index contributed by atoms with van der Waals surface area (Å²) in [6, 6.07) is 0.991. The average molecular weight is 250 g/mol. The van der Waals surface area contributed by atoms with E-state index in [2.05, 4.69) is 4.98 Å². The van der Waals surface area contributed by atoms with Gasteiger partial charge in [0.15, 0.2) is 0 Å². The molecule has 0 N–H and O–H groups in total. The monoisotopic (exact) mass is 249 g/mol. The molecule has 0 aliphatic rings. The molecule has 0 atom stereocenters. The molecule has 88 valence electrons. The van der Waals surface area contributed by atoms with E-state index in [0.717, 1.165) is 12.3 Å². The molecule has 0 bridgehead atoms. The van der Waals surface area contributed by atoms with Crippen molar-refractivity contribution < 1.29 is 18.3 Å². The lowest BCUT2D eigenvalue weighted by Gasteiger charge is -2.09. The Labute approximate surface area is 96.4 Å². The van der Waals surface area contributed by atoms with Gasteiger partial charge in [0.1, 0.15) is 5.15 Å². The second kappa shape index (κ2) is 5.21. The summed E-state index contributed by atoms with van der Waals surface area (Å²) in [5.41, 5.74) is -0.506. The number of halogens is 3. The molecule has 1 aromatic heterocycles. The number of esters is 1. The van der Waals surface area contributed by atoms with E-state index in [1.165, 1.54) is 0 Å². The van der Waals surface area contributed by atoms with Gasteiger partial charge in [0, 0.05) is 6.20 Å². The summed E-state index contributed by atoms with van der Waals surface area (Å²) < 4.78 is 29.8. The summed E-state index contributed by atoms with van der Waals surface area (Å²) in [6.45, 7) is 3.32. The molecular weight excluding hydrogens is 240 g/mol. The van der Waals surface area contributed by atoms with Gasteiger partial charge in [-0.3, -0.25) is 0 Å². The molecule has 1 rings (SSSR count). The predicted octanol–water partition coefficient (Wildman–Crippen LogP) is 3.24. The van der Waals surface area contributed by atoms with E-state index < -0.39 is 18.0 Å². The fourth-order valence-corrected chi connectivity index (χ4v) is 1.20. The highest BCUT2D eigenvalue weighted by atomic mass is 35.5. The molecule has 1 aromatic rings. The second-order valence-electron chi connectivity index (χ2n) is 3.36. The maximum Gasteiger partial charge on any atom is 0.339 e. The van der Waals surface area contributed by atoms with E-state index in [1.54, 1.807) is 13.8 Å². The summed E-state index contributed by atoms with van der Waals surface area (Å²) >= 11 is 5.46. The molecule has 6 heteroatoms. The summed E-state index contributed by atoms with van der Waals surface area (Å²) in [7, 11) is 0. The van der Waals surface area contributed by atoms with E-state index in [4.69, 9.17) is 16.3 Å². The number of alkyl halides is 2. The highest BCUT2D eigenvalue weighted by Crippen LogP contribution is 2.26. The van der Waals surface area contributed by atoms with Crippen molar-refractivity contribution in [3.05, 3.63) is 28.5 Å². The third-order valence-electron chi connectivity index (χ3n) is 1.68. The Hall–Kier alpha value is -1.23. The van der Waals surface area contributed by atoms with E-state index >= 15 is 0 Å². The molecule has 0 amide bonds. The van der Waals surface area contributed by atoms with Gasteiger partial charge in [-0.15, -0.1) is 0 Å². The van der Waals surface area contributed by atoms with Crippen LogP contribution >= 0.6 is 11.6 Å². The van der Waals surface area contributed by atoms with E-state index in [1.807, 2.05) is 0 Å². The molecule has 0 radical (unpaired) electrons. The third kappa shape index (κ3) is 3.13. The van der Waals surface area contributed by atoms with Gasteiger partial charge in [-0.1, -0.05) is 11.6 Å². The summed E-state index contributed by atoms with van der Waals surface area (Å²) in [6.07, 6.45) is -1.98. The van der Waals surface area contributed by atoms with Crippen LogP contribution in [0.3, 0.4) is 0 Å². The molecule has 0 spiro atoms. The number of hydrogen-bond donors (Lipinski definition) is 0. The molecule has 16 heavy (non-hydrogen) atoms. The van der Waals surface area contributed by atoms with E-state index in [-0.39, 0.29) is 16.8 Å². The summed E-state index contributed by atoms with van der Waals surface area (Å²) in [4.78, 5) is 14.9. The number of carbonyl (C=O) groups is 1. The predicted molar refractivity (Wildman–Crippen MR) is 54.8 cm³/mol. The zero-order valence-electron chi connectivity index (χ0n) is 8.71. The molecule has 3 nitrogen and oxygen atoms in total. The minimum absolute atomic E-state index is 0.0339. The standard InChI is InChI=1S/C10H10ClF2NO2/c1-5(2)16-10(15)6-3-7(9(12)13)8(11)14-4-6/h3-5,9H,1-2H3. The maximum absolute atomic E-state index is 12.5. The molecule has 0 aliphatic carbocycles.